The highest BCUT2D eigenvalue weighted by Crippen LogP contribution is 2.33. The maximum atomic E-state index is 13.2. The second-order valence-electron chi connectivity index (χ2n) is 8.74. The minimum Gasteiger partial charge on any atom is -0.356 e. The van der Waals surface area contributed by atoms with Gasteiger partial charge in [-0.2, -0.15) is 0 Å². The quantitative estimate of drug-likeness (QED) is 0.499. The smallest absolute Gasteiger partial charge is 0.269 e. The fourth-order valence-electron chi connectivity index (χ4n) is 4.20. The fourth-order valence-corrected chi connectivity index (χ4v) is 7.02. The van der Waals surface area contributed by atoms with Crippen molar-refractivity contribution >= 4 is 36.9 Å². The lowest BCUT2D eigenvalue weighted by Crippen LogP contribution is -2.60. The summed E-state index contributed by atoms with van der Waals surface area (Å²) in [7, 11) is -5.21. The number of rotatable bonds is 7. The Labute approximate surface area is 193 Å². The number of anilines is 1. The molecule has 0 radical (unpaired) electrons. The Hall–Kier alpha value is -2.54. The molecule has 12 heteroatoms. The second kappa shape index (κ2) is 8.05. The minimum atomic E-state index is -3.80. The molecular formula is C21H26N6O4S2. The molecule has 1 aromatic carbocycles. The van der Waals surface area contributed by atoms with E-state index in [1.807, 2.05) is 18.9 Å². The van der Waals surface area contributed by atoms with E-state index >= 15 is 0 Å². The number of sulfonamides is 1. The van der Waals surface area contributed by atoms with Crippen molar-refractivity contribution in [3.63, 3.8) is 0 Å². The zero-order valence-electron chi connectivity index (χ0n) is 18.3. The van der Waals surface area contributed by atoms with Crippen LogP contribution in [0.4, 0.5) is 5.82 Å². The van der Waals surface area contributed by atoms with Crippen LogP contribution in [-0.2, 0) is 20.0 Å². The minimum absolute atomic E-state index is 0.0902. The molecule has 2 aromatic heterocycles. The second-order valence-corrected chi connectivity index (χ2v) is 12.5. The first-order valence-electron chi connectivity index (χ1n) is 10.8. The number of nitrogens with zero attached hydrogens (tertiary/aromatic N) is 4. The lowest BCUT2D eigenvalue weighted by Gasteiger charge is -2.42. The Morgan fingerprint density at radius 2 is 1.76 bits per heavy atom. The number of hydrogen-bond acceptors (Lipinski definition) is 8. The van der Waals surface area contributed by atoms with Gasteiger partial charge in [0, 0.05) is 38.4 Å². The highest BCUT2D eigenvalue weighted by atomic mass is 32.2. The molecule has 3 aromatic rings. The highest BCUT2D eigenvalue weighted by Gasteiger charge is 2.39. The SMILES string of the molecule is Cc1ccc(S(=O)(=O)n2ccc3c(N(C)C4CC(NS(=O)(=O)C5CNC5)C4)ncnc32)cc1. The van der Waals surface area contributed by atoms with E-state index in [1.54, 1.807) is 30.3 Å². The first kappa shape index (κ1) is 22.3. The summed E-state index contributed by atoms with van der Waals surface area (Å²) in [5.74, 6) is 0.618. The average molecular weight is 491 g/mol. The number of hydrogen-bond donors (Lipinski definition) is 2. The topological polar surface area (TPSA) is 126 Å². The summed E-state index contributed by atoms with van der Waals surface area (Å²) >= 11 is 0. The normalized spacial score (nSPS) is 21.5. The molecule has 2 fully saturated rings. The van der Waals surface area contributed by atoms with Crippen LogP contribution >= 0.6 is 0 Å². The van der Waals surface area contributed by atoms with Crippen molar-refractivity contribution < 1.29 is 16.8 Å². The monoisotopic (exact) mass is 490 g/mol. The Balaban J connectivity index is 1.36. The fraction of sp³-hybridized carbons (Fsp3) is 0.429. The van der Waals surface area contributed by atoms with Crippen LogP contribution < -0.4 is 14.9 Å². The number of aryl methyl sites for hydroxylation is 1. The van der Waals surface area contributed by atoms with E-state index < -0.39 is 20.0 Å². The van der Waals surface area contributed by atoms with Crippen LogP contribution in [0.1, 0.15) is 18.4 Å². The molecule has 0 atom stereocenters. The molecule has 5 rings (SSSR count). The molecule has 33 heavy (non-hydrogen) atoms. The molecule has 10 nitrogen and oxygen atoms in total. The van der Waals surface area contributed by atoms with Crippen molar-refractivity contribution in [2.45, 2.75) is 42.0 Å². The maximum Gasteiger partial charge on any atom is 0.269 e. The zero-order valence-corrected chi connectivity index (χ0v) is 20.0. The van der Waals surface area contributed by atoms with Crippen LogP contribution in [0.25, 0.3) is 11.0 Å². The van der Waals surface area contributed by atoms with Crippen molar-refractivity contribution in [3.05, 3.63) is 48.4 Å². The van der Waals surface area contributed by atoms with Gasteiger partial charge in [0.25, 0.3) is 10.0 Å². The van der Waals surface area contributed by atoms with Gasteiger partial charge < -0.3 is 10.2 Å². The van der Waals surface area contributed by atoms with Crippen LogP contribution in [-0.4, -0.2) is 68.2 Å². The average Bonchev–Trinajstić information content (AvgIpc) is 3.13. The lowest BCUT2D eigenvalue weighted by atomic mass is 9.86. The van der Waals surface area contributed by atoms with E-state index in [0.717, 1.165) is 5.56 Å². The molecule has 0 unspecified atom stereocenters. The highest BCUT2D eigenvalue weighted by molar-refractivity contribution is 7.90. The van der Waals surface area contributed by atoms with Crippen LogP contribution in [0, 0.1) is 6.92 Å². The van der Waals surface area contributed by atoms with Crippen molar-refractivity contribution in [2.24, 2.45) is 0 Å². The number of nitrogens with one attached hydrogen (secondary N) is 2. The van der Waals surface area contributed by atoms with E-state index in [2.05, 4.69) is 20.0 Å². The molecule has 1 saturated carbocycles. The third-order valence-corrected chi connectivity index (χ3v) is 10.1. The molecule has 176 valence electrons. The largest absolute Gasteiger partial charge is 0.356 e. The molecule has 1 saturated heterocycles. The standard InChI is InChI=1S/C21H26N6O4S2/c1-14-3-5-17(6-4-14)33(30,31)27-8-7-19-20(23-13-24-21(19)27)26(2)16-9-15(10-16)25-32(28,29)18-11-22-12-18/h3-8,13,15-16,18,22,25H,9-12H2,1-2H3. The van der Waals surface area contributed by atoms with E-state index in [-0.39, 0.29) is 22.2 Å². The van der Waals surface area contributed by atoms with Crippen molar-refractivity contribution in [2.75, 3.05) is 25.0 Å². The van der Waals surface area contributed by atoms with Crippen molar-refractivity contribution in [1.29, 1.82) is 0 Å². The Bertz CT molecular complexity index is 1390. The van der Waals surface area contributed by atoms with Gasteiger partial charge in [0.15, 0.2) is 5.65 Å². The predicted octanol–water partition coefficient (Wildman–Crippen LogP) is 0.835. The first-order chi connectivity index (χ1) is 15.7. The van der Waals surface area contributed by atoms with Gasteiger partial charge in [-0.15, -0.1) is 0 Å². The zero-order chi connectivity index (χ0) is 23.4. The lowest BCUT2D eigenvalue weighted by molar-refractivity contribution is 0.313. The third-order valence-electron chi connectivity index (χ3n) is 6.51. The van der Waals surface area contributed by atoms with Gasteiger partial charge >= 0.3 is 0 Å². The maximum absolute atomic E-state index is 13.2. The summed E-state index contributed by atoms with van der Waals surface area (Å²) in [6.07, 6.45) is 4.17. The van der Waals surface area contributed by atoms with Gasteiger partial charge in [-0.05, 0) is 38.0 Å². The number of benzene rings is 1. The summed E-state index contributed by atoms with van der Waals surface area (Å²) in [5, 5.41) is 3.25. The van der Waals surface area contributed by atoms with Gasteiger partial charge in [-0.3, -0.25) is 0 Å². The summed E-state index contributed by atoms with van der Waals surface area (Å²) < 4.78 is 55.0. The van der Waals surface area contributed by atoms with E-state index in [0.29, 0.717) is 42.8 Å². The van der Waals surface area contributed by atoms with E-state index in [9.17, 15) is 16.8 Å². The Kier molecular flexibility index (Phi) is 5.43. The Morgan fingerprint density at radius 3 is 2.39 bits per heavy atom. The van der Waals surface area contributed by atoms with Crippen molar-refractivity contribution in [1.82, 2.24) is 24.0 Å². The summed E-state index contributed by atoms with van der Waals surface area (Å²) in [6, 6.07) is 8.37. The number of fused-ring (bicyclic) bond motifs is 1. The molecule has 1 aliphatic heterocycles. The molecule has 3 heterocycles. The van der Waals surface area contributed by atoms with Crippen LogP contribution in [0.2, 0.25) is 0 Å². The Morgan fingerprint density at radius 1 is 1.06 bits per heavy atom. The van der Waals surface area contributed by atoms with Gasteiger partial charge in [0.05, 0.1) is 10.3 Å². The molecule has 2 aliphatic rings. The van der Waals surface area contributed by atoms with Crippen molar-refractivity contribution in [3.8, 4) is 0 Å². The molecule has 0 bridgehead atoms. The number of aromatic nitrogens is 3. The van der Waals surface area contributed by atoms with Gasteiger partial charge in [0.1, 0.15) is 17.4 Å². The van der Waals surface area contributed by atoms with Gasteiger partial charge in [-0.1, -0.05) is 17.7 Å². The molecule has 0 amide bonds. The summed E-state index contributed by atoms with van der Waals surface area (Å²) in [4.78, 5) is 10.8. The molecule has 1 aliphatic carbocycles. The van der Waals surface area contributed by atoms with Gasteiger partial charge in [0.2, 0.25) is 10.0 Å². The van der Waals surface area contributed by atoms with E-state index in [1.165, 1.54) is 16.5 Å². The summed E-state index contributed by atoms with van der Waals surface area (Å²) in [6.45, 7) is 2.89. The van der Waals surface area contributed by atoms with Crippen LogP contribution in [0.5, 0.6) is 0 Å². The first-order valence-corrected chi connectivity index (χ1v) is 13.7. The predicted molar refractivity (Wildman–Crippen MR) is 125 cm³/mol. The van der Waals surface area contributed by atoms with E-state index in [4.69, 9.17) is 0 Å². The third kappa shape index (κ3) is 3.90. The van der Waals surface area contributed by atoms with Crippen LogP contribution in [0.3, 0.4) is 0 Å². The van der Waals surface area contributed by atoms with Crippen LogP contribution in [0.15, 0.2) is 47.8 Å². The molecule has 0 spiro atoms. The molecule has 2 N–H and O–H groups in total. The van der Waals surface area contributed by atoms with Gasteiger partial charge in [-0.25, -0.2) is 35.5 Å². The summed E-state index contributed by atoms with van der Waals surface area (Å²) in [5.41, 5.74) is 1.28. The molecular weight excluding hydrogens is 464 g/mol.